The highest BCUT2D eigenvalue weighted by molar-refractivity contribution is 9.10. The van der Waals surface area contributed by atoms with Crippen LogP contribution < -0.4 is 0 Å². The van der Waals surface area contributed by atoms with Crippen LogP contribution in [0, 0.1) is 0 Å². The van der Waals surface area contributed by atoms with Crippen LogP contribution in [0.1, 0.15) is 5.56 Å². The molecule has 0 fully saturated rings. The van der Waals surface area contributed by atoms with Crippen LogP contribution in [0.3, 0.4) is 0 Å². The quantitative estimate of drug-likeness (QED) is 0.387. The number of phenolic OH excluding ortho intramolecular Hbond substituents is 1. The third-order valence-electron chi connectivity index (χ3n) is 3.81. The van der Waals surface area contributed by atoms with E-state index in [0.29, 0.717) is 27.7 Å². The molecule has 128 valence electrons. The summed E-state index contributed by atoms with van der Waals surface area (Å²) in [6.45, 7) is 0. The van der Waals surface area contributed by atoms with Crippen LogP contribution in [0.5, 0.6) is 5.75 Å². The molecule has 6 heteroatoms. The van der Waals surface area contributed by atoms with E-state index in [2.05, 4.69) is 25.9 Å². The molecule has 1 aromatic heterocycles. The fourth-order valence-electron chi connectivity index (χ4n) is 2.48. The number of aliphatic imine (C=N–C) groups is 1. The Bertz CT molecular complexity index is 1120. The molecule has 0 atom stereocenters. The molecule has 0 unspecified atom stereocenters. The summed E-state index contributed by atoms with van der Waals surface area (Å²) in [7, 11) is 0. The third-order valence-corrected chi connectivity index (χ3v) is 4.55. The highest BCUT2D eigenvalue weighted by Gasteiger charge is 2.09. The van der Waals surface area contributed by atoms with Crippen molar-refractivity contribution in [1.82, 2.24) is 4.98 Å². The zero-order valence-corrected chi connectivity index (χ0v) is 15.7. The molecule has 1 heterocycles. The summed E-state index contributed by atoms with van der Waals surface area (Å²) >= 11 is 9.30. The Morgan fingerprint density at radius 1 is 1.04 bits per heavy atom. The molecular weight excluding hydrogens is 416 g/mol. The summed E-state index contributed by atoms with van der Waals surface area (Å²) in [4.78, 5) is 8.90. The topological polar surface area (TPSA) is 58.6 Å². The van der Waals surface area contributed by atoms with Crippen molar-refractivity contribution in [3.05, 3.63) is 75.7 Å². The lowest BCUT2D eigenvalue weighted by Crippen LogP contribution is -1.82. The summed E-state index contributed by atoms with van der Waals surface area (Å²) in [5.41, 5.74) is 3.58. The van der Waals surface area contributed by atoms with Gasteiger partial charge in [0.05, 0.1) is 5.69 Å². The van der Waals surface area contributed by atoms with Crippen molar-refractivity contribution >= 4 is 50.5 Å². The Balaban J connectivity index is 1.66. The number of hydrogen-bond donors (Lipinski definition) is 1. The van der Waals surface area contributed by atoms with Crippen LogP contribution in [0.15, 0.2) is 74.5 Å². The zero-order chi connectivity index (χ0) is 18.1. The Hall–Kier alpha value is -2.63. The third kappa shape index (κ3) is 3.49. The lowest BCUT2D eigenvalue weighted by Gasteiger charge is -1.99. The van der Waals surface area contributed by atoms with E-state index in [9.17, 15) is 5.11 Å². The molecule has 4 nitrogen and oxygen atoms in total. The molecule has 0 aliphatic heterocycles. The number of rotatable bonds is 3. The SMILES string of the molecule is Oc1ccc(Br)cc1C=Nc1ccc2nc(-c3ccc(Cl)cc3)oc2c1. The first-order chi connectivity index (χ1) is 12.6. The molecule has 0 saturated carbocycles. The molecule has 0 radical (unpaired) electrons. The first-order valence-electron chi connectivity index (χ1n) is 7.77. The molecular formula is C20H12BrClN2O2. The molecule has 26 heavy (non-hydrogen) atoms. The second kappa shape index (κ2) is 6.94. The van der Waals surface area contributed by atoms with Crippen molar-refractivity contribution in [3.8, 4) is 17.2 Å². The molecule has 0 spiro atoms. The molecule has 0 aliphatic rings. The molecule has 0 amide bonds. The number of halogens is 2. The standard InChI is InChI=1S/C20H12BrClN2O2/c21-14-3-8-18(25)13(9-14)11-23-16-6-7-17-19(10-16)26-20(24-17)12-1-4-15(22)5-2-12/h1-11,25H. The Kier molecular flexibility index (Phi) is 4.49. The van der Waals surface area contributed by atoms with Crippen LogP contribution in [-0.4, -0.2) is 16.3 Å². The minimum Gasteiger partial charge on any atom is -0.507 e. The van der Waals surface area contributed by atoms with E-state index >= 15 is 0 Å². The van der Waals surface area contributed by atoms with E-state index in [1.54, 1.807) is 36.5 Å². The molecule has 0 bridgehead atoms. The van der Waals surface area contributed by atoms with E-state index in [1.807, 2.05) is 30.3 Å². The van der Waals surface area contributed by atoms with Gasteiger partial charge in [0, 0.05) is 32.9 Å². The molecule has 1 N–H and O–H groups in total. The molecule has 0 saturated heterocycles. The van der Waals surface area contributed by atoms with Gasteiger partial charge in [-0.15, -0.1) is 0 Å². The monoisotopic (exact) mass is 426 g/mol. The minimum atomic E-state index is 0.169. The van der Waals surface area contributed by atoms with Crippen LogP contribution in [0.4, 0.5) is 5.69 Å². The summed E-state index contributed by atoms with van der Waals surface area (Å²) in [6.07, 6.45) is 1.61. The lowest BCUT2D eigenvalue weighted by molar-refractivity contribution is 0.474. The van der Waals surface area contributed by atoms with Crippen molar-refractivity contribution in [2.45, 2.75) is 0 Å². The van der Waals surface area contributed by atoms with Gasteiger partial charge < -0.3 is 9.52 Å². The highest BCUT2D eigenvalue weighted by Crippen LogP contribution is 2.28. The van der Waals surface area contributed by atoms with Crippen molar-refractivity contribution in [2.24, 2.45) is 4.99 Å². The molecule has 4 aromatic rings. The van der Waals surface area contributed by atoms with Gasteiger partial charge in [0.15, 0.2) is 5.58 Å². The number of phenols is 1. The lowest BCUT2D eigenvalue weighted by atomic mass is 10.2. The number of nitrogens with zero attached hydrogens (tertiary/aromatic N) is 2. The summed E-state index contributed by atoms with van der Waals surface area (Å²) in [5, 5.41) is 10.5. The smallest absolute Gasteiger partial charge is 0.227 e. The van der Waals surface area contributed by atoms with Gasteiger partial charge in [0.2, 0.25) is 5.89 Å². The predicted octanol–water partition coefficient (Wildman–Crippen LogP) is 6.37. The van der Waals surface area contributed by atoms with Crippen LogP contribution in [0.25, 0.3) is 22.6 Å². The van der Waals surface area contributed by atoms with Crippen LogP contribution >= 0.6 is 27.5 Å². The van der Waals surface area contributed by atoms with Crippen molar-refractivity contribution in [2.75, 3.05) is 0 Å². The highest BCUT2D eigenvalue weighted by atomic mass is 79.9. The number of hydrogen-bond acceptors (Lipinski definition) is 4. The predicted molar refractivity (Wildman–Crippen MR) is 108 cm³/mol. The Morgan fingerprint density at radius 3 is 2.65 bits per heavy atom. The average Bonchev–Trinajstić information content (AvgIpc) is 3.06. The average molecular weight is 428 g/mol. The van der Waals surface area contributed by atoms with Gasteiger partial charge in [0.1, 0.15) is 11.3 Å². The van der Waals surface area contributed by atoms with Crippen LogP contribution in [0.2, 0.25) is 5.02 Å². The first-order valence-corrected chi connectivity index (χ1v) is 8.95. The molecule has 3 aromatic carbocycles. The second-order valence-corrected chi connectivity index (χ2v) is 6.99. The molecule has 0 aliphatic carbocycles. The number of oxazole rings is 1. The van der Waals surface area contributed by atoms with Crippen LogP contribution in [-0.2, 0) is 0 Å². The van der Waals surface area contributed by atoms with Gasteiger partial charge in [-0.2, -0.15) is 0 Å². The molecule has 4 rings (SSSR count). The maximum atomic E-state index is 9.88. The maximum absolute atomic E-state index is 9.88. The van der Waals surface area contributed by atoms with Gasteiger partial charge >= 0.3 is 0 Å². The number of aromatic hydroxyl groups is 1. The van der Waals surface area contributed by atoms with Gasteiger partial charge in [-0.25, -0.2) is 4.98 Å². The number of benzene rings is 3. The van der Waals surface area contributed by atoms with Crippen molar-refractivity contribution in [1.29, 1.82) is 0 Å². The van der Waals surface area contributed by atoms with Gasteiger partial charge in [-0.05, 0) is 54.6 Å². The van der Waals surface area contributed by atoms with Gasteiger partial charge in [-0.3, -0.25) is 4.99 Å². The van der Waals surface area contributed by atoms with E-state index in [-0.39, 0.29) is 5.75 Å². The number of aromatic nitrogens is 1. The Labute approximate surface area is 162 Å². The van der Waals surface area contributed by atoms with Gasteiger partial charge in [0.25, 0.3) is 0 Å². The fourth-order valence-corrected chi connectivity index (χ4v) is 2.99. The second-order valence-electron chi connectivity index (χ2n) is 5.64. The summed E-state index contributed by atoms with van der Waals surface area (Å²) in [6, 6.07) is 18.0. The Morgan fingerprint density at radius 2 is 1.85 bits per heavy atom. The van der Waals surface area contributed by atoms with Gasteiger partial charge in [-0.1, -0.05) is 27.5 Å². The summed E-state index contributed by atoms with van der Waals surface area (Å²) in [5.74, 6) is 0.699. The maximum Gasteiger partial charge on any atom is 0.227 e. The van der Waals surface area contributed by atoms with E-state index in [1.165, 1.54) is 0 Å². The fraction of sp³-hybridized carbons (Fsp3) is 0. The van der Waals surface area contributed by atoms with E-state index in [4.69, 9.17) is 16.0 Å². The van der Waals surface area contributed by atoms with Crippen molar-refractivity contribution in [3.63, 3.8) is 0 Å². The largest absolute Gasteiger partial charge is 0.507 e. The van der Waals surface area contributed by atoms with E-state index < -0.39 is 0 Å². The van der Waals surface area contributed by atoms with Crippen molar-refractivity contribution < 1.29 is 9.52 Å². The zero-order valence-electron chi connectivity index (χ0n) is 13.4. The van der Waals surface area contributed by atoms with E-state index in [0.717, 1.165) is 15.6 Å². The minimum absolute atomic E-state index is 0.169. The first kappa shape index (κ1) is 16.8. The number of fused-ring (bicyclic) bond motifs is 1. The summed E-state index contributed by atoms with van der Waals surface area (Å²) < 4.78 is 6.71. The normalized spacial score (nSPS) is 11.5.